The Bertz CT molecular complexity index is 997. The topological polar surface area (TPSA) is 101 Å². The smallest absolute Gasteiger partial charge is 0.356 e. The van der Waals surface area contributed by atoms with Gasteiger partial charge in [-0.1, -0.05) is 17.7 Å². The van der Waals surface area contributed by atoms with Crippen molar-refractivity contribution in [1.82, 2.24) is 4.57 Å². The van der Waals surface area contributed by atoms with Gasteiger partial charge in [0.05, 0.1) is 19.8 Å². The zero-order valence-corrected chi connectivity index (χ0v) is 16.9. The fraction of sp³-hybridized carbons (Fsp3) is 0.300. The van der Waals surface area contributed by atoms with Crippen LogP contribution in [0.15, 0.2) is 35.3 Å². The molecule has 9 heteroatoms. The molecule has 154 valence electrons. The number of aromatic nitrogens is 1. The van der Waals surface area contributed by atoms with E-state index in [1.165, 1.54) is 10.6 Å². The molecule has 0 aliphatic heterocycles. The molecule has 0 amide bonds. The second-order valence-corrected chi connectivity index (χ2v) is 6.04. The van der Waals surface area contributed by atoms with Gasteiger partial charge in [0.25, 0.3) is 0 Å². The Morgan fingerprint density at radius 1 is 0.931 bits per heavy atom. The van der Waals surface area contributed by atoms with Crippen molar-refractivity contribution in [3.63, 3.8) is 0 Å². The molecule has 0 spiro atoms. The molecule has 0 unspecified atom stereocenters. The van der Waals surface area contributed by atoms with Crippen LogP contribution in [0, 0.1) is 0 Å². The van der Waals surface area contributed by atoms with E-state index < -0.39 is 34.5 Å². The van der Waals surface area contributed by atoms with E-state index in [-0.39, 0.29) is 25.5 Å². The highest BCUT2D eigenvalue weighted by Crippen LogP contribution is 2.20. The van der Waals surface area contributed by atoms with Crippen LogP contribution in [-0.2, 0) is 14.2 Å². The first kappa shape index (κ1) is 22.2. The van der Waals surface area contributed by atoms with Crippen LogP contribution < -0.4 is 5.43 Å². The van der Waals surface area contributed by atoms with E-state index in [0.29, 0.717) is 10.7 Å². The molecular formula is C20H20ClNO7. The number of rotatable bonds is 7. The van der Waals surface area contributed by atoms with E-state index in [9.17, 15) is 19.2 Å². The van der Waals surface area contributed by atoms with Gasteiger partial charge in [-0.15, -0.1) is 0 Å². The van der Waals surface area contributed by atoms with Gasteiger partial charge in [0.15, 0.2) is 5.69 Å². The van der Waals surface area contributed by atoms with Gasteiger partial charge >= 0.3 is 17.9 Å². The first-order chi connectivity index (χ1) is 13.8. The number of carbonyl (C=O) groups is 3. The van der Waals surface area contributed by atoms with Gasteiger partial charge in [0.2, 0.25) is 5.43 Å². The summed E-state index contributed by atoms with van der Waals surface area (Å²) in [6.07, 6.45) is 1.13. The minimum atomic E-state index is -1.05. The number of benzene rings is 1. The molecule has 0 saturated carbocycles. The standard InChI is InChI=1S/C20H20ClNO7/c1-4-27-18(24)14-11-22(13-9-7-8-12(21)10-13)16(20(26)29-6-3)15(17(14)23)19(25)28-5-2/h7-11H,4-6H2,1-3H3. The second kappa shape index (κ2) is 9.88. The largest absolute Gasteiger partial charge is 0.462 e. The minimum absolute atomic E-state index is 0.00443. The van der Waals surface area contributed by atoms with Crippen LogP contribution >= 0.6 is 11.6 Å². The first-order valence-electron chi connectivity index (χ1n) is 8.92. The zero-order valence-electron chi connectivity index (χ0n) is 16.2. The van der Waals surface area contributed by atoms with Crippen molar-refractivity contribution in [2.45, 2.75) is 20.8 Å². The van der Waals surface area contributed by atoms with Crippen molar-refractivity contribution in [2.75, 3.05) is 19.8 Å². The van der Waals surface area contributed by atoms with E-state index in [1.807, 2.05) is 0 Å². The van der Waals surface area contributed by atoms with E-state index >= 15 is 0 Å². The van der Waals surface area contributed by atoms with Crippen LogP contribution in [0.4, 0.5) is 0 Å². The molecule has 0 radical (unpaired) electrons. The molecular weight excluding hydrogens is 402 g/mol. The number of carbonyl (C=O) groups excluding carboxylic acids is 3. The average Bonchev–Trinajstić information content (AvgIpc) is 2.67. The number of pyridine rings is 1. The summed E-state index contributed by atoms with van der Waals surface area (Å²) >= 11 is 6.05. The van der Waals surface area contributed by atoms with Gasteiger partial charge in [0.1, 0.15) is 11.1 Å². The highest BCUT2D eigenvalue weighted by Gasteiger charge is 2.31. The maximum absolute atomic E-state index is 12.9. The predicted molar refractivity (Wildman–Crippen MR) is 105 cm³/mol. The first-order valence-corrected chi connectivity index (χ1v) is 9.30. The molecule has 0 N–H and O–H groups in total. The van der Waals surface area contributed by atoms with Crippen LogP contribution in [0.25, 0.3) is 5.69 Å². The number of esters is 3. The number of hydrogen-bond acceptors (Lipinski definition) is 7. The molecule has 1 heterocycles. The van der Waals surface area contributed by atoms with Crippen molar-refractivity contribution < 1.29 is 28.6 Å². The molecule has 0 fully saturated rings. The molecule has 2 aromatic rings. The van der Waals surface area contributed by atoms with Crippen LogP contribution in [0.1, 0.15) is 52.0 Å². The number of nitrogens with zero attached hydrogens (tertiary/aromatic N) is 1. The summed E-state index contributed by atoms with van der Waals surface area (Å²) in [7, 11) is 0. The summed E-state index contributed by atoms with van der Waals surface area (Å²) in [5.74, 6) is -2.92. The highest BCUT2D eigenvalue weighted by molar-refractivity contribution is 6.30. The second-order valence-electron chi connectivity index (χ2n) is 5.61. The molecule has 1 aromatic carbocycles. The summed E-state index contributed by atoms with van der Waals surface area (Å²) in [6, 6.07) is 6.30. The van der Waals surface area contributed by atoms with E-state index in [2.05, 4.69) is 0 Å². The molecule has 0 bridgehead atoms. The lowest BCUT2D eigenvalue weighted by Crippen LogP contribution is -2.32. The molecule has 2 rings (SSSR count). The maximum atomic E-state index is 12.9. The van der Waals surface area contributed by atoms with Crippen molar-refractivity contribution in [1.29, 1.82) is 0 Å². The lowest BCUT2D eigenvalue weighted by Gasteiger charge is -2.17. The van der Waals surface area contributed by atoms with Crippen LogP contribution in [0.3, 0.4) is 0 Å². The monoisotopic (exact) mass is 421 g/mol. The molecule has 29 heavy (non-hydrogen) atoms. The van der Waals surface area contributed by atoms with Gasteiger partial charge in [-0.2, -0.15) is 0 Å². The van der Waals surface area contributed by atoms with Gasteiger partial charge in [0, 0.05) is 16.9 Å². The van der Waals surface area contributed by atoms with Gasteiger partial charge in [-0.25, -0.2) is 14.4 Å². The van der Waals surface area contributed by atoms with Crippen molar-refractivity contribution in [3.8, 4) is 5.69 Å². The lowest BCUT2D eigenvalue weighted by atomic mass is 10.1. The number of hydrogen-bond donors (Lipinski definition) is 0. The zero-order chi connectivity index (χ0) is 21.6. The summed E-state index contributed by atoms with van der Waals surface area (Å²) in [5, 5.41) is 0.339. The van der Waals surface area contributed by atoms with Crippen molar-refractivity contribution in [2.24, 2.45) is 0 Å². The molecule has 0 atom stereocenters. The van der Waals surface area contributed by atoms with Gasteiger partial charge < -0.3 is 18.8 Å². The summed E-state index contributed by atoms with van der Waals surface area (Å²) in [6.45, 7) is 4.69. The molecule has 0 saturated heterocycles. The third kappa shape index (κ3) is 4.83. The fourth-order valence-corrected chi connectivity index (χ4v) is 2.78. The Kier molecular flexibility index (Phi) is 7.55. The maximum Gasteiger partial charge on any atom is 0.356 e. The Morgan fingerprint density at radius 3 is 2.10 bits per heavy atom. The van der Waals surface area contributed by atoms with E-state index in [1.54, 1.807) is 39.0 Å². The van der Waals surface area contributed by atoms with Crippen molar-refractivity contribution >= 4 is 29.5 Å². The predicted octanol–water partition coefficient (Wildman–Crippen LogP) is 3.02. The molecule has 0 aliphatic rings. The normalized spacial score (nSPS) is 10.3. The minimum Gasteiger partial charge on any atom is -0.462 e. The Balaban J connectivity index is 2.94. The average molecular weight is 422 g/mol. The Hall–Kier alpha value is -3.13. The Morgan fingerprint density at radius 2 is 1.52 bits per heavy atom. The van der Waals surface area contributed by atoms with Crippen LogP contribution in [-0.4, -0.2) is 42.3 Å². The molecule has 0 aliphatic carbocycles. The molecule has 1 aromatic heterocycles. The quantitative estimate of drug-likeness (QED) is 0.500. The summed E-state index contributed by atoms with van der Waals surface area (Å²) in [4.78, 5) is 50.5. The lowest BCUT2D eigenvalue weighted by molar-refractivity contribution is 0.0465. The Labute approximate surface area is 171 Å². The fourth-order valence-electron chi connectivity index (χ4n) is 2.59. The third-order valence-corrected chi connectivity index (χ3v) is 3.97. The van der Waals surface area contributed by atoms with Gasteiger partial charge in [-0.05, 0) is 39.0 Å². The number of ether oxygens (including phenoxy) is 3. The third-order valence-electron chi connectivity index (χ3n) is 3.74. The summed E-state index contributed by atoms with van der Waals surface area (Å²) < 4.78 is 16.1. The highest BCUT2D eigenvalue weighted by atomic mass is 35.5. The van der Waals surface area contributed by atoms with E-state index in [0.717, 1.165) is 6.20 Å². The van der Waals surface area contributed by atoms with Gasteiger partial charge in [-0.3, -0.25) is 4.79 Å². The van der Waals surface area contributed by atoms with E-state index in [4.69, 9.17) is 25.8 Å². The summed E-state index contributed by atoms with van der Waals surface area (Å²) in [5.41, 5.74) is -2.07. The number of halogens is 1. The molecule has 8 nitrogen and oxygen atoms in total. The van der Waals surface area contributed by atoms with Crippen molar-refractivity contribution in [3.05, 3.63) is 62.5 Å². The SMILES string of the molecule is CCOC(=O)c1cn(-c2cccc(Cl)c2)c(C(=O)OCC)c(C(=O)OCC)c1=O. The van der Waals surface area contributed by atoms with Crippen LogP contribution in [0.5, 0.6) is 0 Å². The van der Waals surface area contributed by atoms with Crippen LogP contribution in [0.2, 0.25) is 5.02 Å².